The van der Waals surface area contributed by atoms with Crippen molar-refractivity contribution in [1.82, 2.24) is 4.98 Å². The average Bonchev–Trinajstić information content (AvgIpc) is 2.93. The molecule has 4 rings (SSSR count). The summed E-state index contributed by atoms with van der Waals surface area (Å²) < 4.78 is 18.8. The molecule has 4 heteroatoms. The summed E-state index contributed by atoms with van der Waals surface area (Å²) in [4.78, 5) is 16.3. The number of pyridine rings is 1. The second kappa shape index (κ2) is 4.27. The first-order chi connectivity index (χ1) is 9.74. The van der Waals surface area contributed by atoms with E-state index in [0.29, 0.717) is 28.5 Å². The Bertz CT molecular complexity index is 690. The zero-order valence-electron chi connectivity index (χ0n) is 10.9. The molecule has 0 amide bonds. The van der Waals surface area contributed by atoms with E-state index in [1.807, 2.05) is 0 Å². The van der Waals surface area contributed by atoms with Crippen LogP contribution in [0.25, 0.3) is 10.9 Å². The third kappa shape index (κ3) is 1.79. The van der Waals surface area contributed by atoms with E-state index in [1.165, 1.54) is 18.6 Å². The van der Waals surface area contributed by atoms with Gasteiger partial charge in [0.15, 0.2) is 0 Å². The van der Waals surface area contributed by atoms with Gasteiger partial charge in [-0.15, -0.1) is 0 Å². The van der Waals surface area contributed by atoms with Gasteiger partial charge in [-0.05, 0) is 48.9 Å². The topological polar surface area (TPSA) is 39.2 Å². The third-order valence-electron chi connectivity index (χ3n) is 4.55. The van der Waals surface area contributed by atoms with Gasteiger partial charge in [0.25, 0.3) is 0 Å². The zero-order valence-corrected chi connectivity index (χ0v) is 10.9. The Balaban J connectivity index is 1.62. The average molecular weight is 271 g/mol. The van der Waals surface area contributed by atoms with Crippen molar-refractivity contribution in [3.05, 3.63) is 36.3 Å². The molecule has 2 atom stereocenters. The van der Waals surface area contributed by atoms with Crippen LogP contribution in [0, 0.1) is 23.6 Å². The Hall–Kier alpha value is -1.97. The second-order valence-corrected chi connectivity index (χ2v) is 5.68. The molecule has 0 radical (unpaired) electrons. The van der Waals surface area contributed by atoms with E-state index >= 15 is 0 Å². The highest BCUT2D eigenvalue weighted by atomic mass is 19.1. The third-order valence-corrected chi connectivity index (χ3v) is 4.55. The molecular weight excluding hydrogens is 257 g/mol. The highest BCUT2D eigenvalue weighted by Gasteiger charge is 2.57. The number of fused-ring (bicyclic) bond motifs is 2. The summed E-state index contributed by atoms with van der Waals surface area (Å²) in [6, 6.07) is 5.93. The van der Waals surface area contributed by atoms with E-state index in [2.05, 4.69) is 4.98 Å². The van der Waals surface area contributed by atoms with Gasteiger partial charge in [0.05, 0.1) is 11.4 Å². The largest absolute Gasteiger partial charge is 0.426 e. The van der Waals surface area contributed by atoms with Gasteiger partial charge >= 0.3 is 5.97 Å². The van der Waals surface area contributed by atoms with Gasteiger partial charge in [-0.25, -0.2) is 4.39 Å². The number of ether oxygens (including phenoxy) is 1. The van der Waals surface area contributed by atoms with E-state index in [1.54, 1.807) is 18.3 Å². The zero-order chi connectivity index (χ0) is 13.7. The molecule has 2 aliphatic rings. The molecule has 0 aliphatic heterocycles. The summed E-state index contributed by atoms with van der Waals surface area (Å²) in [6.45, 7) is 0. The van der Waals surface area contributed by atoms with Crippen molar-refractivity contribution in [3.63, 3.8) is 0 Å². The minimum absolute atomic E-state index is 0.0560. The SMILES string of the molecule is O=C(Oc1ccnc2ccc(F)cc12)C1C2CCCC21. The Morgan fingerprint density at radius 3 is 2.85 bits per heavy atom. The molecule has 0 bridgehead atoms. The molecule has 3 nitrogen and oxygen atoms in total. The van der Waals surface area contributed by atoms with Crippen LogP contribution in [0.1, 0.15) is 19.3 Å². The first-order valence-corrected chi connectivity index (χ1v) is 7.00. The number of benzene rings is 1. The molecule has 1 aromatic carbocycles. The van der Waals surface area contributed by atoms with Crippen LogP contribution in [0.2, 0.25) is 0 Å². The van der Waals surface area contributed by atoms with Crippen molar-refractivity contribution >= 4 is 16.9 Å². The normalized spacial score (nSPS) is 27.4. The van der Waals surface area contributed by atoms with Gasteiger partial charge in [-0.3, -0.25) is 9.78 Å². The van der Waals surface area contributed by atoms with E-state index in [0.717, 1.165) is 12.8 Å². The van der Waals surface area contributed by atoms with E-state index in [4.69, 9.17) is 4.74 Å². The summed E-state index contributed by atoms with van der Waals surface area (Å²) in [6.07, 6.45) is 5.07. The van der Waals surface area contributed by atoms with Gasteiger partial charge in [0.2, 0.25) is 0 Å². The van der Waals surface area contributed by atoms with Crippen molar-refractivity contribution in [3.8, 4) is 5.75 Å². The standard InChI is InChI=1S/C16H14FNO2/c17-9-4-5-13-12(8-9)14(6-7-18-13)20-16(19)15-10-2-1-3-11(10)15/h4-8,10-11,15H,1-3H2. The van der Waals surface area contributed by atoms with E-state index in [9.17, 15) is 9.18 Å². The summed E-state index contributed by atoms with van der Waals surface area (Å²) in [5, 5.41) is 0.548. The molecule has 2 saturated carbocycles. The van der Waals surface area contributed by atoms with Crippen LogP contribution >= 0.6 is 0 Å². The Labute approximate surface area is 115 Å². The number of nitrogens with zero attached hydrogens (tertiary/aromatic N) is 1. The molecule has 0 spiro atoms. The molecule has 20 heavy (non-hydrogen) atoms. The Kier molecular flexibility index (Phi) is 2.52. The highest BCUT2D eigenvalue weighted by molar-refractivity contribution is 5.88. The molecule has 0 N–H and O–H groups in total. The van der Waals surface area contributed by atoms with Crippen LogP contribution in [-0.4, -0.2) is 11.0 Å². The van der Waals surface area contributed by atoms with Crippen LogP contribution in [0.5, 0.6) is 5.75 Å². The summed E-state index contributed by atoms with van der Waals surface area (Å²) in [5.74, 6) is 0.979. The number of carbonyl (C=O) groups is 1. The molecule has 1 aromatic heterocycles. The highest BCUT2D eigenvalue weighted by Crippen LogP contribution is 2.57. The molecule has 102 valence electrons. The lowest BCUT2D eigenvalue weighted by molar-refractivity contribution is -0.136. The quantitative estimate of drug-likeness (QED) is 0.786. The molecule has 2 unspecified atom stereocenters. The number of carbonyl (C=O) groups excluding carboxylic acids is 1. The molecule has 2 fully saturated rings. The van der Waals surface area contributed by atoms with Gasteiger partial charge in [-0.1, -0.05) is 6.42 Å². The van der Waals surface area contributed by atoms with Crippen LogP contribution in [0.4, 0.5) is 4.39 Å². The Morgan fingerprint density at radius 2 is 2.05 bits per heavy atom. The lowest BCUT2D eigenvalue weighted by Crippen LogP contribution is -2.13. The molecular formula is C16H14FNO2. The maximum absolute atomic E-state index is 13.3. The second-order valence-electron chi connectivity index (χ2n) is 5.68. The minimum Gasteiger partial charge on any atom is -0.426 e. The van der Waals surface area contributed by atoms with Crippen LogP contribution < -0.4 is 4.74 Å². The number of hydrogen-bond donors (Lipinski definition) is 0. The number of esters is 1. The number of rotatable bonds is 2. The number of aromatic nitrogens is 1. The van der Waals surface area contributed by atoms with Crippen LogP contribution in [0.3, 0.4) is 0 Å². The fourth-order valence-corrected chi connectivity index (χ4v) is 3.53. The smallest absolute Gasteiger partial charge is 0.314 e. The van der Waals surface area contributed by atoms with Gasteiger partial charge < -0.3 is 4.74 Å². The first-order valence-electron chi connectivity index (χ1n) is 7.00. The predicted octanol–water partition coefficient (Wildman–Crippen LogP) is 3.33. The number of hydrogen-bond acceptors (Lipinski definition) is 3. The minimum atomic E-state index is -0.355. The monoisotopic (exact) mass is 271 g/mol. The van der Waals surface area contributed by atoms with Crippen molar-refractivity contribution in [1.29, 1.82) is 0 Å². The maximum Gasteiger partial charge on any atom is 0.314 e. The molecule has 2 aromatic rings. The molecule has 0 saturated heterocycles. The van der Waals surface area contributed by atoms with Gasteiger partial charge in [-0.2, -0.15) is 0 Å². The fraction of sp³-hybridized carbons (Fsp3) is 0.375. The fourth-order valence-electron chi connectivity index (χ4n) is 3.53. The lowest BCUT2D eigenvalue weighted by atomic mass is 10.1. The van der Waals surface area contributed by atoms with Crippen LogP contribution in [0.15, 0.2) is 30.5 Å². The summed E-state index contributed by atoms with van der Waals surface area (Å²) in [7, 11) is 0. The van der Waals surface area contributed by atoms with E-state index < -0.39 is 0 Å². The van der Waals surface area contributed by atoms with Crippen LogP contribution in [-0.2, 0) is 4.79 Å². The van der Waals surface area contributed by atoms with E-state index in [-0.39, 0.29) is 17.7 Å². The van der Waals surface area contributed by atoms with Crippen molar-refractivity contribution in [2.75, 3.05) is 0 Å². The van der Waals surface area contributed by atoms with Crippen molar-refractivity contribution in [2.45, 2.75) is 19.3 Å². The predicted molar refractivity (Wildman–Crippen MR) is 71.7 cm³/mol. The summed E-state index contributed by atoms with van der Waals surface area (Å²) in [5.41, 5.74) is 0.632. The first kappa shape index (κ1) is 11.8. The molecule has 2 aliphatic carbocycles. The van der Waals surface area contributed by atoms with Gasteiger partial charge in [0.1, 0.15) is 11.6 Å². The maximum atomic E-state index is 13.3. The van der Waals surface area contributed by atoms with Gasteiger partial charge in [0, 0.05) is 11.6 Å². The van der Waals surface area contributed by atoms with Crippen molar-refractivity contribution < 1.29 is 13.9 Å². The number of halogens is 1. The lowest BCUT2D eigenvalue weighted by Gasteiger charge is -2.08. The Morgan fingerprint density at radius 1 is 1.25 bits per heavy atom. The molecule has 1 heterocycles. The summed E-state index contributed by atoms with van der Waals surface area (Å²) >= 11 is 0. The van der Waals surface area contributed by atoms with Crippen molar-refractivity contribution in [2.24, 2.45) is 17.8 Å².